The van der Waals surface area contributed by atoms with Gasteiger partial charge in [-0.25, -0.2) is 0 Å². The highest BCUT2D eigenvalue weighted by molar-refractivity contribution is 5.23. The van der Waals surface area contributed by atoms with Crippen LogP contribution in [0.2, 0.25) is 0 Å². The van der Waals surface area contributed by atoms with E-state index in [0.29, 0.717) is 6.42 Å². The van der Waals surface area contributed by atoms with Gasteiger partial charge in [0.25, 0.3) is 0 Å². The smallest absolute Gasteiger partial charge is 0.0735 e. The van der Waals surface area contributed by atoms with Gasteiger partial charge in [0, 0.05) is 18.0 Å². The zero-order valence-electron chi connectivity index (χ0n) is 12.1. The van der Waals surface area contributed by atoms with Crippen LogP contribution >= 0.6 is 0 Å². The van der Waals surface area contributed by atoms with E-state index < -0.39 is 17.2 Å². The van der Waals surface area contributed by atoms with Crippen LogP contribution in [0.15, 0.2) is 30.3 Å². The van der Waals surface area contributed by atoms with Crippen LogP contribution in [-0.2, 0) is 0 Å². The predicted molar refractivity (Wildman–Crippen MR) is 79.7 cm³/mol. The Hall–Kier alpha value is -0.940. The topological polar surface area (TPSA) is 98.3 Å². The molecule has 3 atom stereocenters. The maximum Gasteiger partial charge on any atom is 0.0735 e. The molecule has 1 rings (SSSR count). The molecule has 108 valence electrons. The van der Waals surface area contributed by atoms with E-state index >= 15 is 0 Å². The van der Waals surface area contributed by atoms with Gasteiger partial charge >= 0.3 is 0 Å². The van der Waals surface area contributed by atoms with Crippen LogP contribution in [0.1, 0.15) is 38.7 Å². The molecule has 0 aliphatic heterocycles. The molecule has 4 heteroatoms. The molecule has 1 aromatic carbocycles. The summed E-state index contributed by atoms with van der Waals surface area (Å²) < 4.78 is 0. The molecule has 0 saturated heterocycles. The van der Waals surface area contributed by atoms with Gasteiger partial charge in [-0.05, 0) is 32.8 Å². The minimum atomic E-state index is -0.793. The second kappa shape index (κ2) is 6.01. The molecule has 0 spiro atoms. The van der Waals surface area contributed by atoms with Gasteiger partial charge in [-0.3, -0.25) is 0 Å². The fourth-order valence-electron chi connectivity index (χ4n) is 2.18. The maximum atomic E-state index is 10.3. The first kappa shape index (κ1) is 16.1. The van der Waals surface area contributed by atoms with E-state index in [-0.39, 0.29) is 12.5 Å². The predicted octanol–water partition coefficient (Wildman–Crippen LogP) is 0.935. The number of aliphatic hydroxyl groups excluding tert-OH is 1. The SMILES string of the molecule is CC(C)(N)C(CC(O)C(C)(N)CN)c1ccccc1. The zero-order valence-corrected chi connectivity index (χ0v) is 12.1. The van der Waals surface area contributed by atoms with Gasteiger partial charge in [0.15, 0.2) is 0 Å². The number of benzene rings is 1. The molecule has 0 saturated carbocycles. The number of hydrogen-bond donors (Lipinski definition) is 4. The molecule has 3 unspecified atom stereocenters. The van der Waals surface area contributed by atoms with E-state index in [1.54, 1.807) is 6.92 Å². The molecule has 0 amide bonds. The summed E-state index contributed by atoms with van der Waals surface area (Å²) in [5.41, 5.74) is 17.8. The van der Waals surface area contributed by atoms with Gasteiger partial charge < -0.3 is 22.3 Å². The second-order valence-electron chi connectivity index (χ2n) is 6.25. The third-order valence-corrected chi connectivity index (χ3v) is 3.76. The van der Waals surface area contributed by atoms with Crippen molar-refractivity contribution in [2.75, 3.05) is 6.54 Å². The summed E-state index contributed by atoms with van der Waals surface area (Å²) >= 11 is 0. The van der Waals surface area contributed by atoms with Gasteiger partial charge in [-0.2, -0.15) is 0 Å². The van der Waals surface area contributed by atoms with Crippen molar-refractivity contribution < 1.29 is 5.11 Å². The number of aliphatic hydroxyl groups is 1. The zero-order chi connectivity index (χ0) is 14.7. The molecule has 0 aliphatic rings. The summed E-state index contributed by atoms with van der Waals surface area (Å²) in [6.07, 6.45) is -0.192. The molecule has 0 radical (unpaired) electrons. The Labute approximate surface area is 116 Å². The van der Waals surface area contributed by atoms with Crippen molar-refractivity contribution in [1.29, 1.82) is 0 Å². The molecule has 0 fully saturated rings. The van der Waals surface area contributed by atoms with Crippen molar-refractivity contribution in [3.8, 4) is 0 Å². The Morgan fingerprint density at radius 1 is 1.11 bits per heavy atom. The highest BCUT2D eigenvalue weighted by Crippen LogP contribution is 2.32. The Kier molecular flexibility index (Phi) is 5.10. The van der Waals surface area contributed by atoms with E-state index in [1.165, 1.54) is 0 Å². The lowest BCUT2D eigenvalue weighted by atomic mass is 9.76. The average Bonchev–Trinajstić information content (AvgIpc) is 2.35. The van der Waals surface area contributed by atoms with Crippen LogP contribution in [-0.4, -0.2) is 28.8 Å². The summed E-state index contributed by atoms with van der Waals surface area (Å²) in [5.74, 6) is 0.0260. The Bertz CT molecular complexity index is 384. The largest absolute Gasteiger partial charge is 0.391 e. The minimum Gasteiger partial charge on any atom is -0.391 e. The average molecular weight is 265 g/mol. The van der Waals surface area contributed by atoms with Gasteiger partial charge in [-0.15, -0.1) is 0 Å². The van der Waals surface area contributed by atoms with Crippen molar-refractivity contribution in [3.05, 3.63) is 35.9 Å². The van der Waals surface area contributed by atoms with Crippen LogP contribution in [0.3, 0.4) is 0 Å². The molecule has 0 aromatic heterocycles. The quantitative estimate of drug-likeness (QED) is 0.615. The molecule has 19 heavy (non-hydrogen) atoms. The van der Waals surface area contributed by atoms with Crippen molar-refractivity contribution in [1.82, 2.24) is 0 Å². The second-order valence-corrected chi connectivity index (χ2v) is 6.25. The van der Waals surface area contributed by atoms with Gasteiger partial charge in [0.2, 0.25) is 0 Å². The molecule has 7 N–H and O–H groups in total. The highest BCUT2D eigenvalue weighted by Gasteiger charge is 2.34. The lowest BCUT2D eigenvalue weighted by Gasteiger charge is -2.37. The van der Waals surface area contributed by atoms with Crippen LogP contribution < -0.4 is 17.2 Å². The normalized spacial score (nSPS) is 18.7. The van der Waals surface area contributed by atoms with E-state index in [1.807, 2.05) is 44.2 Å². The summed E-state index contributed by atoms with van der Waals surface area (Å²) in [4.78, 5) is 0. The van der Waals surface area contributed by atoms with Gasteiger partial charge in [0.05, 0.1) is 11.6 Å². The van der Waals surface area contributed by atoms with Gasteiger partial charge in [-0.1, -0.05) is 30.3 Å². The van der Waals surface area contributed by atoms with Crippen LogP contribution in [0, 0.1) is 0 Å². The highest BCUT2D eigenvalue weighted by atomic mass is 16.3. The Balaban J connectivity index is 2.96. The summed E-state index contributed by atoms with van der Waals surface area (Å²) in [7, 11) is 0. The number of hydrogen-bond acceptors (Lipinski definition) is 4. The summed E-state index contributed by atoms with van der Waals surface area (Å²) in [5, 5.41) is 10.3. The van der Waals surface area contributed by atoms with E-state index in [2.05, 4.69) is 0 Å². The van der Waals surface area contributed by atoms with E-state index in [0.717, 1.165) is 5.56 Å². The van der Waals surface area contributed by atoms with Crippen molar-refractivity contribution in [2.45, 2.75) is 50.3 Å². The van der Waals surface area contributed by atoms with E-state index in [4.69, 9.17) is 17.2 Å². The monoisotopic (exact) mass is 265 g/mol. The molecule has 0 heterocycles. The first-order valence-corrected chi connectivity index (χ1v) is 6.69. The van der Waals surface area contributed by atoms with Crippen molar-refractivity contribution >= 4 is 0 Å². The van der Waals surface area contributed by atoms with Crippen LogP contribution in [0.4, 0.5) is 0 Å². The Morgan fingerprint density at radius 3 is 2.05 bits per heavy atom. The molecular formula is C15H27N3O. The molecular weight excluding hydrogens is 238 g/mol. The lowest BCUT2D eigenvalue weighted by Crippen LogP contribution is -2.55. The maximum absolute atomic E-state index is 10.3. The fraction of sp³-hybridized carbons (Fsp3) is 0.600. The third kappa shape index (κ3) is 4.28. The van der Waals surface area contributed by atoms with Crippen LogP contribution in [0.25, 0.3) is 0 Å². The minimum absolute atomic E-state index is 0.0260. The first-order valence-electron chi connectivity index (χ1n) is 6.69. The number of nitrogens with two attached hydrogens (primary N) is 3. The van der Waals surface area contributed by atoms with Crippen molar-refractivity contribution in [3.63, 3.8) is 0 Å². The Morgan fingerprint density at radius 2 is 1.63 bits per heavy atom. The molecule has 0 bridgehead atoms. The lowest BCUT2D eigenvalue weighted by molar-refractivity contribution is 0.0751. The van der Waals surface area contributed by atoms with E-state index in [9.17, 15) is 5.11 Å². The molecule has 1 aromatic rings. The van der Waals surface area contributed by atoms with Gasteiger partial charge in [0.1, 0.15) is 0 Å². The summed E-state index contributed by atoms with van der Waals surface area (Å²) in [6.45, 7) is 5.94. The van der Waals surface area contributed by atoms with Crippen LogP contribution in [0.5, 0.6) is 0 Å². The standard InChI is InChI=1S/C15H27N3O/c1-14(2,17)12(11-7-5-4-6-8-11)9-13(19)15(3,18)10-16/h4-8,12-13,19H,9-10,16-18H2,1-3H3. The summed E-state index contributed by atoms with van der Waals surface area (Å²) in [6, 6.07) is 9.98. The third-order valence-electron chi connectivity index (χ3n) is 3.76. The molecule has 0 aliphatic carbocycles. The molecule has 4 nitrogen and oxygen atoms in total. The fourth-order valence-corrected chi connectivity index (χ4v) is 2.18. The number of rotatable bonds is 6. The van der Waals surface area contributed by atoms with Crippen molar-refractivity contribution in [2.24, 2.45) is 17.2 Å². The first-order chi connectivity index (χ1) is 8.68.